The second kappa shape index (κ2) is 5.88. The van der Waals surface area contributed by atoms with Crippen molar-refractivity contribution in [3.63, 3.8) is 0 Å². The summed E-state index contributed by atoms with van der Waals surface area (Å²) in [5.74, 6) is -3.91. The Labute approximate surface area is 125 Å². The lowest BCUT2D eigenvalue weighted by molar-refractivity contribution is -0.137. The maximum atomic E-state index is 13.4. The number of hydrogen-bond donors (Lipinski definition) is 1. The van der Waals surface area contributed by atoms with Crippen molar-refractivity contribution < 1.29 is 26.7 Å². The third kappa shape index (κ3) is 3.33. The van der Waals surface area contributed by atoms with Crippen molar-refractivity contribution >= 4 is 23.3 Å². The fourth-order valence-electron chi connectivity index (χ4n) is 1.57. The summed E-state index contributed by atoms with van der Waals surface area (Å²) < 4.78 is 64.2. The minimum absolute atomic E-state index is 0.442. The van der Waals surface area contributed by atoms with E-state index in [0.717, 1.165) is 18.2 Å². The van der Waals surface area contributed by atoms with Crippen LogP contribution in [-0.2, 0) is 6.18 Å². The molecule has 0 aliphatic carbocycles. The smallest absolute Gasteiger partial charge is 0.305 e. The highest BCUT2D eigenvalue weighted by Gasteiger charge is 2.31. The first kappa shape index (κ1) is 16.2. The number of rotatable bonds is 2. The maximum Gasteiger partial charge on any atom is 0.417 e. The Morgan fingerprint density at radius 3 is 2.27 bits per heavy atom. The average molecular weight is 337 g/mol. The van der Waals surface area contributed by atoms with Crippen molar-refractivity contribution in [3.05, 3.63) is 58.2 Å². The molecule has 22 heavy (non-hydrogen) atoms. The summed E-state index contributed by atoms with van der Waals surface area (Å²) in [5, 5.41) is 1.44. The van der Waals surface area contributed by atoms with Gasteiger partial charge in [-0.15, -0.1) is 0 Å². The number of benzene rings is 1. The molecule has 0 bridgehead atoms. The number of anilines is 1. The summed E-state index contributed by atoms with van der Waals surface area (Å²) >= 11 is 5.58. The molecule has 0 spiro atoms. The van der Waals surface area contributed by atoms with Crippen LogP contribution in [0.5, 0.6) is 0 Å². The van der Waals surface area contributed by atoms with E-state index >= 15 is 0 Å². The van der Waals surface area contributed by atoms with Gasteiger partial charge in [0, 0.05) is 6.20 Å². The highest BCUT2D eigenvalue weighted by molar-refractivity contribution is 6.33. The van der Waals surface area contributed by atoms with Gasteiger partial charge < -0.3 is 5.32 Å². The Morgan fingerprint density at radius 1 is 1.18 bits per heavy atom. The van der Waals surface area contributed by atoms with E-state index in [-0.39, 0.29) is 0 Å². The first-order valence-electron chi connectivity index (χ1n) is 5.68. The topological polar surface area (TPSA) is 42.0 Å². The monoisotopic (exact) mass is 336 g/mol. The Bertz CT molecular complexity index is 713. The molecule has 2 rings (SSSR count). The summed E-state index contributed by atoms with van der Waals surface area (Å²) in [4.78, 5) is 15.1. The highest BCUT2D eigenvalue weighted by Crippen LogP contribution is 2.32. The lowest BCUT2D eigenvalue weighted by Gasteiger charge is -2.10. The number of nitrogens with zero attached hydrogens (tertiary/aromatic N) is 1. The van der Waals surface area contributed by atoms with Gasteiger partial charge in [-0.05, 0) is 18.2 Å². The number of aromatic nitrogens is 1. The molecule has 0 unspecified atom stereocenters. The standard InChI is InChI=1S/C13H6ClF5N2O/c14-7-4-6(13(17,18)19)5-20-11(7)21-12(22)10-8(15)2-1-3-9(10)16/h1-5H,(H,20,21,22). The molecular formula is C13H6ClF5N2O. The molecule has 1 N–H and O–H groups in total. The van der Waals surface area contributed by atoms with Crippen LogP contribution in [0, 0.1) is 11.6 Å². The zero-order chi connectivity index (χ0) is 16.5. The Kier molecular flexibility index (Phi) is 4.32. The molecule has 0 saturated carbocycles. The number of halogens is 6. The van der Waals surface area contributed by atoms with Crippen LogP contribution in [0.15, 0.2) is 30.5 Å². The Hall–Kier alpha value is -2.22. The molecule has 0 fully saturated rings. The summed E-state index contributed by atoms with van der Waals surface area (Å²) in [7, 11) is 0. The molecule has 0 saturated heterocycles. The molecule has 1 amide bonds. The second-order valence-electron chi connectivity index (χ2n) is 4.10. The first-order chi connectivity index (χ1) is 10.2. The van der Waals surface area contributed by atoms with Crippen LogP contribution in [0.3, 0.4) is 0 Å². The van der Waals surface area contributed by atoms with Crippen LogP contribution in [0.2, 0.25) is 5.02 Å². The lowest BCUT2D eigenvalue weighted by Crippen LogP contribution is -2.17. The van der Waals surface area contributed by atoms with Gasteiger partial charge in [0.25, 0.3) is 5.91 Å². The predicted octanol–water partition coefficient (Wildman–Crippen LogP) is 4.28. The van der Waals surface area contributed by atoms with E-state index in [0.29, 0.717) is 12.3 Å². The van der Waals surface area contributed by atoms with Crippen molar-refractivity contribution in [3.8, 4) is 0 Å². The van der Waals surface area contributed by atoms with E-state index in [1.807, 2.05) is 5.32 Å². The number of alkyl halides is 3. The third-order valence-corrected chi connectivity index (χ3v) is 2.88. The molecule has 1 aromatic carbocycles. The number of carbonyl (C=O) groups excluding carboxylic acids is 1. The maximum absolute atomic E-state index is 13.4. The highest BCUT2D eigenvalue weighted by atomic mass is 35.5. The SMILES string of the molecule is O=C(Nc1ncc(C(F)(F)F)cc1Cl)c1c(F)cccc1F. The molecule has 0 aliphatic heterocycles. The quantitative estimate of drug-likeness (QED) is 0.832. The molecule has 1 heterocycles. The summed E-state index contributed by atoms with van der Waals surface area (Å²) in [6.45, 7) is 0. The largest absolute Gasteiger partial charge is 0.417 e. The van der Waals surface area contributed by atoms with Gasteiger partial charge in [-0.25, -0.2) is 13.8 Å². The van der Waals surface area contributed by atoms with Gasteiger partial charge in [0.2, 0.25) is 0 Å². The molecule has 0 atom stereocenters. The molecule has 116 valence electrons. The van der Waals surface area contributed by atoms with Gasteiger partial charge in [-0.2, -0.15) is 13.2 Å². The van der Waals surface area contributed by atoms with Gasteiger partial charge in [-0.3, -0.25) is 4.79 Å². The average Bonchev–Trinajstić information content (AvgIpc) is 2.39. The van der Waals surface area contributed by atoms with E-state index in [2.05, 4.69) is 4.98 Å². The van der Waals surface area contributed by atoms with Crippen LogP contribution in [0.1, 0.15) is 15.9 Å². The van der Waals surface area contributed by atoms with Crippen LogP contribution in [0.4, 0.5) is 27.8 Å². The summed E-state index contributed by atoms with van der Waals surface area (Å²) in [6, 6.07) is 3.33. The van der Waals surface area contributed by atoms with Crippen LogP contribution in [-0.4, -0.2) is 10.9 Å². The van der Waals surface area contributed by atoms with Crippen LogP contribution < -0.4 is 5.32 Å². The second-order valence-corrected chi connectivity index (χ2v) is 4.51. The molecule has 3 nitrogen and oxygen atoms in total. The van der Waals surface area contributed by atoms with Gasteiger partial charge >= 0.3 is 6.18 Å². The van der Waals surface area contributed by atoms with E-state index in [4.69, 9.17) is 11.6 Å². The number of amides is 1. The van der Waals surface area contributed by atoms with E-state index < -0.39 is 45.7 Å². The number of nitrogens with one attached hydrogen (secondary N) is 1. The van der Waals surface area contributed by atoms with Crippen LogP contribution in [0.25, 0.3) is 0 Å². The third-order valence-electron chi connectivity index (χ3n) is 2.59. The number of hydrogen-bond acceptors (Lipinski definition) is 2. The lowest BCUT2D eigenvalue weighted by atomic mass is 10.2. The molecule has 0 aliphatic rings. The van der Waals surface area contributed by atoms with E-state index in [1.54, 1.807) is 0 Å². The van der Waals surface area contributed by atoms with Crippen molar-refractivity contribution in [2.24, 2.45) is 0 Å². The predicted molar refractivity (Wildman–Crippen MR) is 68.6 cm³/mol. The summed E-state index contributed by atoms with van der Waals surface area (Å²) in [5.41, 5.74) is -2.01. The Morgan fingerprint density at radius 2 is 1.77 bits per heavy atom. The fourth-order valence-corrected chi connectivity index (χ4v) is 1.78. The first-order valence-corrected chi connectivity index (χ1v) is 6.06. The minimum Gasteiger partial charge on any atom is -0.305 e. The fraction of sp³-hybridized carbons (Fsp3) is 0.0769. The van der Waals surface area contributed by atoms with Crippen molar-refractivity contribution in [2.75, 3.05) is 5.32 Å². The molecular weight excluding hydrogens is 331 g/mol. The van der Waals surface area contributed by atoms with Gasteiger partial charge in [0.05, 0.1) is 10.6 Å². The van der Waals surface area contributed by atoms with E-state index in [1.165, 1.54) is 0 Å². The zero-order valence-corrected chi connectivity index (χ0v) is 11.3. The van der Waals surface area contributed by atoms with Gasteiger partial charge in [0.1, 0.15) is 17.2 Å². The van der Waals surface area contributed by atoms with Crippen LogP contribution >= 0.6 is 11.6 Å². The molecule has 2 aromatic rings. The number of carbonyl (C=O) groups is 1. The van der Waals surface area contributed by atoms with Gasteiger partial charge in [-0.1, -0.05) is 17.7 Å². The summed E-state index contributed by atoms with van der Waals surface area (Å²) in [6.07, 6.45) is -4.21. The van der Waals surface area contributed by atoms with Gasteiger partial charge in [0.15, 0.2) is 5.82 Å². The normalized spacial score (nSPS) is 11.4. The van der Waals surface area contributed by atoms with Crippen molar-refractivity contribution in [2.45, 2.75) is 6.18 Å². The molecule has 9 heteroatoms. The van der Waals surface area contributed by atoms with Crippen molar-refractivity contribution in [1.82, 2.24) is 4.98 Å². The minimum atomic E-state index is -4.66. The molecule has 0 radical (unpaired) electrons. The zero-order valence-electron chi connectivity index (χ0n) is 10.5. The molecule has 1 aromatic heterocycles. The van der Waals surface area contributed by atoms with Crippen molar-refractivity contribution in [1.29, 1.82) is 0 Å². The van der Waals surface area contributed by atoms with E-state index in [9.17, 15) is 26.7 Å². The Balaban J connectivity index is 2.30. The number of pyridine rings is 1.